The van der Waals surface area contributed by atoms with Gasteiger partial charge in [0.05, 0.1) is 41.6 Å². The number of rotatable bonds is 0. The molecule has 5 aliphatic rings. The zero-order valence-corrected chi connectivity index (χ0v) is 80.1. The Balaban J connectivity index is -0.000000392. The van der Waals surface area contributed by atoms with Gasteiger partial charge in [0, 0.05) is 91.3 Å². The molecule has 8 heterocycles. The molecular weight excluding hydrogens is 1480 g/mol. The third-order valence-electron chi connectivity index (χ3n) is 9.38. The van der Waals surface area contributed by atoms with E-state index < -0.39 is 0 Å². The minimum atomic E-state index is -0.299. The molecule has 8 aromatic rings. The first-order valence-electron chi connectivity index (χ1n) is 40.5. The number of allylic oxidation sites excluding steroid dienone is 10. The van der Waals surface area contributed by atoms with Crippen LogP contribution in [0, 0.1) is 66.5 Å². The van der Waals surface area contributed by atoms with Gasteiger partial charge in [-0.2, -0.15) is 5.10 Å². The number of fused-ring (bicyclic) bond motifs is 4. The summed E-state index contributed by atoms with van der Waals surface area (Å²) in [6.07, 6.45) is 56.2. The zero-order chi connectivity index (χ0) is 92.3. The van der Waals surface area contributed by atoms with Gasteiger partial charge in [0.15, 0.2) is 11.6 Å². The molecule has 0 saturated heterocycles. The fourth-order valence-electron chi connectivity index (χ4n) is 6.13. The van der Waals surface area contributed by atoms with Crippen LogP contribution in [0.2, 0.25) is 0 Å². The van der Waals surface area contributed by atoms with Crippen LogP contribution in [0.15, 0.2) is 276 Å². The summed E-state index contributed by atoms with van der Waals surface area (Å²) in [4.78, 5) is 76.2. The number of nitrogens with zero attached hydrogens (tertiary/aromatic N) is 13. The van der Waals surface area contributed by atoms with Crippen molar-refractivity contribution in [1.29, 1.82) is 0 Å². The number of carbonyl (C=O) groups is 3. The average molecular weight is 1630 g/mol. The summed E-state index contributed by atoms with van der Waals surface area (Å²) in [6, 6.07) is 22.4. The molecule has 2 aliphatic heterocycles. The van der Waals surface area contributed by atoms with Crippen molar-refractivity contribution in [2.24, 2.45) is 66.5 Å². The molecule has 2 aromatic carbocycles. The van der Waals surface area contributed by atoms with Crippen molar-refractivity contribution < 1.29 is 23.9 Å². The number of Topliss-reactive ketones (excluding diaryl/α,β-unsaturated/α-hetero) is 2. The lowest BCUT2D eigenvalue weighted by atomic mass is 9.72. The van der Waals surface area contributed by atoms with Gasteiger partial charge in [-0.3, -0.25) is 34.5 Å². The highest BCUT2D eigenvalue weighted by atomic mass is 16.5. The molecular formula is C101H157N13O5. The maximum atomic E-state index is 12.2. The number of para-hydroxylation sites is 2. The molecule has 6 aromatic heterocycles. The van der Waals surface area contributed by atoms with Crippen molar-refractivity contribution in [3.05, 3.63) is 288 Å². The summed E-state index contributed by atoms with van der Waals surface area (Å²) in [6.45, 7) is 78.8. The van der Waals surface area contributed by atoms with E-state index in [0.717, 1.165) is 11.0 Å². The molecule has 4 unspecified atom stereocenters. The van der Waals surface area contributed by atoms with E-state index in [1.54, 1.807) is 111 Å². The SMILES string of the molecule is C1=CC=COC=C1.CC(C)(C)C.CC(C)(C)C.CC(C)(C)C.CC(C)(C)C.CC(C)(C)C.CC(C)(C)C.CC(C)(C)C.CC(C)(C)C.CC(C)(C)C.O=C1C=CC2C=CC=CC2O1.O=C1c2ccccc2C(=O)C2C=CC=CC12.c1ccc2nccnc2c1.c1ccncc1.c1cnccn1.c1cncnc1.c1cnncn1.c1ncncn1. The smallest absolute Gasteiger partial charge is 0.331 e. The van der Waals surface area contributed by atoms with Crippen LogP contribution in [0.5, 0.6) is 0 Å². The molecule has 18 nitrogen and oxygen atoms in total. The molecule has 0 amide bonds. The Morgan fingerprint density at radius 1 is 0.261 bits per heavy atom. The maximum absolute atomic E-state index is 12.2. The standard InChI is InChI=1S/C14H10O2.C9H8O2.C8H6N2.C6H6O.C5H5N.9C5H12.2C4H4N2.2C3H3N3/c15-13-9-5-1-2-6-10(9)14(16)12-8-4-3-7-11(12)13;10-9-6-5-7-3-1-2-4-8(7)11-9;1-2-4-8-7(3-1)9-5-6-10-8;1-2-4-6-7-5-3-1;1-2-4-6-5-3-1;9*1-5(2,3)4;1-2-6-4-3-5-1;1-2-5-4-6-3-1;1-4-2-6-3-5-1;1-2-5-6-3-4-1/h1-10H;1-8H;1-6H;1-6H;1-5H;9*1-4H3;2*1-4H;2*1-3H. The van der Waals surface area contributed by atoms with Crippen LogP contribution < -0.4 is 0 Å². The molecule has 656 valence electrons. The van der Waals surface area contributed by atoms with Gasteiger partial charge in [0.2, 0.25) is 0 Å². The van der Waals surface area contributed by atoms with Crippen molar-refractivity contribution in [3.8, 4) is 0 Å². The van der Waals surface area contributed by atoms with Gasteiger partial charge in [-0.15, -0.1) is 5.10 Å². The Labute approximate surface area is 722 Å². The molecule has 0 fully saturated rings. The molecule has 119 heavy (non-hydrogen) atoms. The Bertz CT molecular complexity index is 3320. The zero-order valence-electron chi connectivity index (χ0n) is 80.1. The van der Waals surface area contributed by atoms with Crippen LogP contribution in [-0.4, -0.2) is 88.7 Å². The summed E-state index contributed by atoms with van der Waals surface area (Å²) < 4.78 is 9.80. The summed E-state index contributed by atoms with van der Waals surface area (Å²) >= 11 is 0. The predicted molar refractivity (Wildman–Crippen MR) is 503 cm³/mol. The van der Waals surface area contributed by atoms with Crippen LogP contribution in [0.4, 0.5) is 0 Å². The van der Waals surface area contributed by atoms with Crippen LogP contribution >= 0.6 is 0 Å². The van der Waals surface area contributed by atoms with Crippen molar-refractivity contribution in [2.75, 3.05) is 0 Å². The van der Waals surface area contributed by atoms with Crippen LogP contribution in [0.1, 0.15) is 270 Å². The van der Waals surface area contributed by atoms with Gasteiger partial charge < -0.3 is 9.47 Å². The van der Waals surface area contributed by atoms with Gasteiger partial charge in [-0.05, 0) is 97.3 Å². The largest absolute Gasteiger partial charge is 0.473 e. The van der Waals surface area contributed by atoms with Crippen molar-refractivity contribution in [3.63, 3.8) is 0 Å². The average Bonchev–Trinajstić information content (AvgIpc) is 1.05. The van der Waals surface area contributed by atoms with Gasteiger partial charge in [-0.25, -0.2) is 34.7 Å². The van der Waals surface area contributed by atoms with Crippen molar-refractivity contribution in [2.45, 2.75) is 255 Å². The van der Waals surface area contributed by atoms with Gasteiger partial charge in [0.1, 0.15) is 37.7 Å². The highest BCUT2D eigenvalue weighted by Crippen LogP contribution is 2.34. The number of benzene rings is 2. The lowest BCUT2D eigenvalue weighted by molar-refractivity contribution is -0.143. The number of hydrogen-bond acceptors (Lipinski definition) is 18. The van der Waals surface area contributed by atoms with E-state index in [2.05, 4.69) is 314 Å². The quantitative estimate of drug-likeness (QED) is 0.128. The van der Waals surface area contributed by atoms with Gasteiger partial charge >= 0.3 is 5.97 Å². The Kier molecular flexibility index (Phi) is 64.6. The van der Waals surface area contributed by atoms with Crippen molar-refractivity contribution >= 4 is 28.6 Å². The Morgan fingerprint density at radius 2 is 0.563 bits per heavy atom. The van der Waals surface area contributed by atoms with E-state index >= 15 is 0 Å². The molecule has 0 radical (unpaired) electrons. The number of hydrogen-bond donors (Lipinski definition) is 0. The first-order valence-corrected chi connectivity index (χ1v) is 40.5. The predicted octanol–water partition coefficient (Wildman–Crippen LogP) is 27.1. The van der Waals surface area contributed by atoms with Gasteiger partial charge in [0.25, 0.3) is 0 Å². The van der Waals surface area contributed by atoms with Crippen LogP contribution in [-0.2, 0) is 14.3 Å². The minimum absolute atomic E-state index is 0.0563. The number of carbonyl (C=O) groups excluding carboxylic acids is 3. The number of esters is 1. The van der Waals surface area contributed by atoms with E-state index in [0.29, 0.717) is 59.9 Å². The summed E-state index contributed by atoms with van der Waals surface area (Å²) in [5.74, 6) is -0.481. The number of pyridine rings is 1. The third kappa shape index (κ3) is 114. The summed E-state index contributed by atoms with van der Waals surface area (Å²) in [7, 11) is 0. The second kappa shape index (κ2) is 65.6. The normalized spacial score (nSPS) is 15.0. The fourth-order valence-corrected chi connectivity index (χ4v) is 6.13. The monoisotopic (exact) mass is 1630 g/mol. The second-order valence-electron chi connectivity index (χ2n) is 41.3. The topological polar surface area (TPSA) is 237 Å². The summed E-state index contributed by atoms with van der Waals surface area (Å²) in [5.41, 5.74) is 7.53. The molecule has 0 N–H and O–H groups in total. The first kappa shape index (κ1) is 117. The fraction of sp³-hybridized carbons (Fsp3) is 0.485. The number of ketones is 2. The van der Waals surface area contributed by atoms with Crippen molar-refractivity contribution in [1.82, 2.24) is 65.0 Å². The lowest BCUT2D eigenvalue weighted by Gasteiger charge is -2.28. The Morgan fingerprint density at radius 3 is 0.824 bits per heavy atom. The minimum Gasteiger partial charge on any atom is -0.473 e. The maximum Gasteiger partial charge on any atom is 0.331 e. The molecule has 0 spiro atoms. The number of ether oxygens (including phenoxy) is 2. The van der Waals surface area contributed by atoms with E-state index in [9.17, 15) is 14.4 Å². The third-order valence-corrected chi connectivity index (χ3v) is 9.38. The van der Waals surface area contributed by atoms with E-state index in [1.165, 1.54) is 43.9 Å². The van der Waals surface area contributed by atoms with E-state index in [1.807, 2.05) is 121 Å². The number of aromatic nitrogens is 13. The molecule has 3 aliphatic carbocycles. The van der Waals surface area contributed by atoms with E-state index in [4.69, 9.17) is 9.47 Å². The highest BCUT2D eigenvalue weighted by Gasteiger charge is 2.39. The van der Waals surface area contributed by atoms with E-state index in [-0.39, 0.29) is 41.4 Å². The molecule has 4 atom stereocenters. The first-order chi connectivity index (χ1) is 54.6. The van der Waals surface area contributed by atoms with Crippen LogP contribution in [0.3, 0.4) is 0 Å². The lowest BCUT2D eigenvalue weighted by Crippen LogP contribution is -2.35. The van der Waals surface area contributed by atoms with Gasteiger partial charge in [-0.1, -0.05) is 352 Å². The molecule has 0 bridgehead atoms. The molecule has 18 heteroatoms. The molecule has 13 rings (SSSR count). The second-order valence-corrected chi connectivity index (χ2v) is 41.3. The Hall–Kier alpha value is -10.4. The highest BCUT2D eigenvalue weighted by molar-refractivity contribution is 6.17. The summed E-state index contributed by atoms with van der Waals surface area (Å²) in [5, 5.41) is 6.90. The molecule has 0 saturated carbocycles. The van der Waals surface area contributed by atoms with Crippen LogP contribution in [0.25, 0.3) is 11.0 Å².